The van der Waals surface area contributed by atoms with Gasteiger partial charge in [-0.3, -0.25) is 9.11 Å². The van der Waals surface area contributed by atoms with Gasteiger partial charge in [0.25, 0.3) is 0 Å². The van der Waals surface area contributed by atoms with Crippen molar-refractivity contribution in [3.63, 3.8) is 0 Å². The summed E-state index contributed by atoms with van der Waals surface area (Å²) in [5.74, 6) is 0.509. The molecule has 0 saturated carbocycles. The molecule has 0 aromatic heterocycles. The second-order valence-electron chi connectivity index (χ2n) is 3.11. The molecule has 0 aromatic rings. The van der Waals surface area contributed by atoms with Crippen LogP contribution < -0.4 is 5.32 Å². The zero-order chi connectivity index (χ0) is 7.24. The fourth-order valence-electron chi connectivity index (χ4n) is 1.58. The molecule has 2 rings (SSSR count). The van der Waals surface area contributed by atoms with Crippen molar-refractivity contribution in [3.8, 4) is 0 Å². The summed E-state index contributed by atoms with van der Waals surface area (Å²) in [6.45, 7) is 1.57. The zero-order valence-electron chi connectivity index (χ0n) is 5.71. The van der Waals surface area contributed by atoms with Gasteiger partial charge in [0.2, 0.25) is 0 Å². The number of hydrogen-bond acceptors (Lipinski definition) is 3. The zero-order valence-corrected chi connectivity index (χ0v) is 6.52. The molecule has 1 spiro atoms. The van der Waals surface area contributed by atoms with Crippen LogP contribution in [0.25, 0.3) is 0 Å². The van der Waals surface area contributed by atoms with Crippen LogP contribution in [0, 0.1) is 6.42 Å². The van der Waals surface area contributed by atoms with E-state index in [1.165, 1.54) is 0 Å². The molecule has 2 aliphatic rings. The summed E-state index contributed by atoms with van der Waals surface area (Å²) in [6, 6.07) is 0. The van der Waals surface area contributed by atoms with Crippen LogP contribution in [0.4, 0.5) is 0 Å². The third kappa shape index (κ3) is 0.676. The van der Waals surface area contributed by atoms with E-state index < -0.39 is 10.6 Å². The Balaban J connectivity index is 2.20. The van der Waals surface area contributed by atoms with Crippen molar-refractivity contribution in [1.29, 1.82) is 0 Å². The maximum absolute atomic E-state index is 9.53. The smallest absolute Gasteiger partial charge is 0.0845 e. The van der Waals surface area contributed by atoms with Gasteiger partial charge in [-0.25, -0.2) is 0 Å². The van der Waals surface area contributed by atoms with E-state index in [2.05, 4.69) is 5.32 Å². The Bertz CT molecular complexity index is 156. The first-order valence-electron chi connectivity index (χ1n) is 3.44. The topological polar surface area (TPSA) is 52.5 Å². The summed E-state index contributed by atoms with van der Waals surface area (Å²) in [4.78, 5) is 0. The van der Waals surface area contributed by atoms with Crippen LogP contribution in [-0.4, -0.2) is 32.7 Å². The molecule has 3 nitrogen and oxygen atoms in total. The SMILES string of the molecule is OS1(O)C[CH]CC12CNC2. The minimum absolute atomic E-state index is 0.160. The highest BCUT2D eigenvalue weighted by atomic mass is 32.3. The quantitative estimate of drug-likeness (QED) is 0.491. The molecule has 2 heterocycles. The van der Waals surface area contributed by atoms with Gasteiger partial charge in [0.05, 0.1) is 4.75 Å². The first kappa shape index (κ1) is 6.91. The number of rotatable bonds is 0. The van der Waals surface area contributed by atoms with E-state index >= 15 is 0 Å². The van der Waals surface area contributed by atoms with E-state index in [-0.39, 0.29) is 4.75 Å². The highest BCUT2D eigenvalue weighted by molar-refractivity contribution is 8.25. The minimum atomic E-state index is -2.27. The van der Waals surface area contributed by atoms with Gasteiger partial charge in [0, 0.05) is 18.8 Å². The van der Waals surface area contributed by atoms with Crippen molar-refractivity contribution in [2.75, 3.05) is 18.8 Å². The molecule has 4 heteroatoms. The number of nitrogens with one attached hydrogen (secondary N) is 1. The molecule has 0 aliphatic carbocycles. The molecule has 0 atom stereocenters. The minimum Gasteiger partial charge on any atom is -0.312 e. The molecule has 10 heavy (non-hydrogen) atoms. The maximum atomic E-state index is 9.53. The highest BCUT2D eigenvalue weighted by Gasteiger charge is 2.51. The van der Waals surface area contributed by atoms with Gasteiger partial charge in [-0.2, -0.15) is 10.6 Å². The van der Waals surface area contributed by atoms with Gasteiger partial charge >= 0.3 is 0 Å². The van der Waals surface area contributed by atoms with Crippen LogP contribution in [0.5, 0.6) is 0 Å². The predicted octanol–water partition coefficient (Wildman–Crippen LogP) is 0.687. The molecular weight excluding hydrogens is 150 g/mol. The molecule has 59 valence electrons. The molecule has 3 N–H and O–H groups in total. The largest absolute Gasteiger partial charge is 0.312 e. The Morgan fingerprint density at radius 2 is 2.10 bits per heavy atom. The third-order valence-electron chi connectivity index (χ3n) is 2.45. The number of hydrogen-bond donors (Lipinski definition) is 3. The fraction of sp³-hybridized carbons (Fsp3) is 0.833. The second kappa shape index (κ2) is 1.88. The van der Waals surface area contributed by atoms with E-state index in [1.807, 2.05) is 6.42 Å². The van der Waals surface area contributed by atoms with Crippen LogP contribution >= 0.6 is 10.6 Å². The Morgan fingerprint density at radius 3 is 2.30 bits per heavy atom. The Hall–Kier alpha value is 0.230. The lowest BCUT2D eigenvalue weighted by Gasteiger charge is -2.51. The average Bonchev–Trinajstić information content (AvgIpc) is 2.02. The van der Waals surface area contributed by atoms with Gasteiger partial charge in [0.15, 0.2) is 0 Å². The molecule has 0 bridgehead atoms. The lowest BCUT2D eigenvalue weighted by molar-refractivity contribution is 0.341. The van der Waals surface area contributed by atoms with Gasteiger partial charge in [-0.15, -0.1) is 0 Å². The van der Waals surface area contributed by atoms with Crippen LogP contribution in [0.2, 0.25) is 0 Å². The van der Waals surface area contributed by atoms with Crippen LogP contribution in [0.1, 0.15) is 6.42 Å². The molecule has 1 radical (unpaired) electrons. The van der Waals surface area contributed by atoms with E-state index in [4.69, 9.17) is 0 Å². The molecule has 2 aliphatic heterocycles. The summed E-state index contributed by atoms with van der Waals surface area (Å²) < 4.78 is 18.9. The third-order valence-corrected chi connectivity index (χ3v) is 5.00. The summed E-state index contributed by atoms with van der Waals surface area (Å²) in [6.07, 6.45) is 2.87. The first-order chi connectivity index (χ1) is 4.66. The molecule has 2 fully saturated rings. The van der Waals surface area contributed by atoms with Crippen molar-refractivity contribution >= 4 is 10.6 Å². The van der Waals surface area contributed by atoms with E-state index in [0.29, 0.717) is 5.75 Å². The van der Waals surface area contributed by atoms with Crippen molar-refractivity contribution < 1.29 is 9.11 Å². The summed E-state index contributed by atoms with van der Waals surface area (Å²) in [5.41, 5.74) is 0. The van der Waals surface area contributed by atoms with E-state index in [9.17, 15) is 9.11 Å². The average molecular weight is 162 g/mol. The van der Waals surface area contributed by atoms with Gasteiger partial charge in [0.1, 0.15) is 0 Å². The first-order valence-corrected chi connectivity index (χ1v) is 5.16. The normalized spacial score (nSPS) is 37.4. The van der Waals surface area contributed by atoms with E-state index in [1.54, 1.807) is 0 Å². The standard InChI is InChI=1S/C6H12NO2S/c8-10(9)3-1-2-6(10)4-7-5-6/h1,7-9H,2-5H2. The molecule has 2 saturated heterocycles. The summed E-state index contributed by atoms with van der Waals surface area (Å²) in [7, 11) is -2.27. The predicted molar refractivity (Wildman–Crippen MR) is 42.2 cm³/mol. The van der Waals surface area contributed by atoms with E-state index in [0.717, 1.165) is 19.5 Å². The van der Waals surface area contributed by atoms with Crippen molar-refractivity contribution in [3.05, 3.63) is 6.42 Å². The Labute approximate surface area is 62.2 Å². The van der Waals surface area contributed by atoms with Crippen molar-refractivity contribution in [1.82, 2.24) is 5.32 Å². The van der Waals surface area contributed by atoms with Crippen molar-refractivity contribution in [2.45, 2.75) is 11.2 Å². The summed E-state index contributed by atoms with van der Waals surface area (Å²) in [5, 5.41) is 3.08. The lowest BCUT2D eigenvalue weighted by Crippen LogP contribution is -2.59. The monoisotopic (exact) mass is 162 g/mol. The van der Waals surface area contributed by atoms with Gasteiger partial charge in [-0.1, -0.05) is 0 Å². The van der Waals surface area contributed by atoms with Crippen LogP contribution in [0.3, 0.4) is 0 Å². The van der Waals surface area contributed by atoms with Crippen molar-refractivity contribution in [2.24, 2.45) is 0 Å². The second-order valence-corrected chi connectivity index (χ2v) is 5.65. The van der Waals surface area contributed by atoms with Crippen LogP contribution in [0.15, 0.2) is 0 Å². The van der Waals surface area contributed by atoms with Gasteiger partial charge in [-0.05, 0) is 12.8 Å². The summed E-state index contributed by atoms with van der Waals surface area (Å²) >= 11 is 0. The van der Waals surface area contributed by atoms with Crippen LogP contribution in [-0.2, 0) is 0 Å². The lowest BCUT2D eigenvalue weighted by atomic mass is 9.97. The molecule has 0 aromatic carbocycles. The maximum Gasteiger partial charge on any atom is 0.0845 e. The fourth-order valence-corrected chi connectivity index (χ4v) is 3.43. The Morgan fingerprint density at radius 1 is 1.40 bits per heavy atom. The highest BCUT2D eigenvalue weighted by Crippen LogP contribution is 2.61. The van der Waals surface area contributed by atoms with Gasteiger partial charge < -0.3 is 5.32 Å². The molecular formula is C6H12NO2S. The molecule has 0 unspecified atom stereocenters. The molecule has 0 amide bonds. The Kier molecular flexibility index (Phi) is 1.30.